The summed E-state index contributed by atoms with van der Waals surface area (Å²) in [7, 11) is 0. The Morgan fingerprint density at radius 1 is 1.47 bits per heavy atom. The van der Waals surface area contributed by atoms with E-state index in [1.54, 1.807) is 6.07 Å². The van der Waals surface area contributed by atoms with E-state index >= 15 is 0 Å². The molecule has 0 fully saturated rings. The Morgan fingerprint density at radius 2 is 2.11 bits per heavy atom. The fourth-order valence-electron chi connectivity index (χ4n) is 1.78. The smallest absolute Gasteiger partial charge is 0.231 e. The van der Waals surface area contributed by atoms with Gasteiger partial charge in [-0.2, -0.15) is 0 Å². The standard InChI is InChI=1S/C12H18ClN3O2S/c1-6(2)10(11(14)16-18)12(17)15-7(3)8-4-5-9(13)19-8/h4-7,10,18H,1-3H3,(H2,14,16)(H,15,17). The number of nitrogens with one attached hydrogen (secondary N) is 1. The minimum Gasteiger partial charge on any atom is -0.409 e. The van der Waals surface area contributed by atoms with Gasteiger partial charge < -0.3 is 16.3 Å². The van der Waals surface area contributed by atoms with E-state index in [2.05, 4.69) is 10.5 Å². The Bertz CT molecular complexity index is 473. The number of thiophene rings is 1. The molecule has 0 radical (unpaired) electrons. The fourth-order valence-corrected chi connectivity index (χ4v) is 2.84. The molecule has 19 heavy (non-hydrogen) atoms. The van der Waals surface area contributed by atoms with E-state index in [1.165, 1.54) is 11.3 Å². The molecule has 1 aromatic rings. The van der Waals surface area contributed by atoms with E-state index in [9.17, 15) is 4.79 Å². The number of amidine groups is 1. The van der Waals surface area contributed by atoms with Crippen LogP contribution in [0.5, 0.6) is 0 Å². The third-order valence-electron chi connectivity index (χ3n) is 2.76. The number of hydrogen-bond donors (Lipinski definition) is 3. The van der Waals surface area contributed by atoms with Crippen LogP contribution in [0.2, 0.25) is 4.34 Å². The number of halogens is 1. The summed E-state index contributed by atoms with van der Waals surface area (Å²) in [6.45, 7) is 5.55. The van der Waals surface area contributed by atoms with E-state index < -0.39 is 5.92 Å². The molecule has 7 heteroatoms. The van der Waals surface area contributed by atoms with Crippen LogP contribution in [0.15, 0.2) is 17.3 Å². The summed E-state index contributed by atoms with van der Waals surface area (Å²) in [5, 5.41) is 14.5. The molecule has 0 saturated heterocycles. The van der Waals surface area contributed by atoms with Crippen molar-refractivity contribution in [3.63, 3.8) is 0 Å². The second-order valence-corrected chi connectivity index (χ2v) is 6.37. The minimum atomic E-state index is -0.650. The van der Waals surface area contributed by atoms with Crippen molar-refractivity contribution in [3.8, 4) is 0 Å². The lowest BCUT2D eigenvalue weighted by atomic mass is 9.93. The number of rotatable bonds is 5. The van der Waals surface area contributed by atoms with Gasteiger partial charge in [0.15, 0.2) is 5.84 Å². The molecule has 1 amide bonds. The van der Waals surface area contributed by atoms with Gasteiger partial charge in [0.1, 0.15) is 5.92 Å². The molecule has 1 aromatic heterocycles. The molecular weight excluding hydrogens is 286 g/mol. The summed E-state index contributed by atoms with van der Waals surface area (Å²) in [5.41, 5.74) is 5.56. The largest absolute Gasteiger partial charge is 0.409 e. The van der Waals surface area contributed by atoms with Crippen molar-refractivity contribution < 1.29 is 10.0 Å². The van der Waals surface area contributed by atoms with Gasteiger partial charge in [0.25, 0.3) is 0 Å². The van der Waals surface area contributed by atoms with Gasteiger partial charge in [0, 0.05) is 4.88 Å². The zero-order valence-electron chi connectivity index (χ0n) is 11.1. The van der Waals surface area contributed by atoms with Crippen LogP contribution in [-0.2, 0) is 4.79 Å². The molecule has 0 saturated carbocycles. The third-order valence-corrected chi connectivity index (χ3v) is 4.18. The SMILES string of the molecule is CC(NC(=O)C(C(N)=NO)C(C)C)c1ccc(Cl)s1. The quantitative estimate of drug-likeness (QED) is 0.338. The zero-order valence-corrected chi connectivity index (χ0v) is 12.6. The second-order valence-electron chi connectivity index (χ2n) is 4.62. The molecule has 0 spiro atoms. The first-order valence-corrected chi connectivity index (χ1v) is 7.09. The number of carbonyl (C=O) groups is 1. The zero-order chi connectivity index (χ0) is 14.6. The van der Waals surface area contributed by atoms with Gasteiger partial charge in [0.2, 0.25) is 5.91 Å². The summed E-state index contributed by atoms with van der Waals surface area (Å²) >= 11 is 7.27. The van der Waals surface area contributed by atoms with Gasteiger partial charge in [-0.3, -0.25) is 4.79 Å². The van der Waals surface area contributed by atoms with Crippen molar-refractivity contribution in [3.05, 3.63) is 21.3 Å². The predicted octanol–water partition coefficient (Wildman–Crippen LogP) is 2.60. The van der Waals surface area contributed by atoms with Crippen molar-refractivity contribution >= 4 is 34.7 Å². The Hall–Kier alpha value is -1.27. The summed E-state index contributed by atoms with van der Waals surface area (Å²) in [5.74, 6) is -1.05. The van der Waals surface area contributed by atoms with Crippen LogP contribution < -0.4 is 11.1 Å². The number of carbonyl (C=O) groups excluding carboxylic acids is 1. The highest BCUT2D eigenvalue weighted by Crippen LogP contribution is 2.27. The van der Waals surface area contributed by atoms with Crippen LogP contribution in [0.3, 0.4) is 0 Å². The number of hydrogen-bond acceptors (Lipinski definition) is 4. The number of amides is 1. The summed E-state index contributed by atoms with van der Waals surface area (Å²) in [4.78, 5) is 13.1. The minimum absolute atomic E-state index is 0.0602. The van der Waals surface area contributed by atoms with Gasteiger partial charge in [-0.15, -0.1) is 11.3 Å². The normalized spacial score (nSPS) is 15.3. The fraction of sp³-hybridized carbons (Fsp3) is 0.500. The third kappa shape index (κ3) is 4.11. The molecule has 106 valence electrons. The first kappa shape index (κ1) is 15.8. The van der Waals surface area contributed by atoms with Crippen molar-refractivity contribution in [1.82, 2.24) is 5.32 Å². The van der Waals surface area contributed by atoms with Crippen LogP contribution in [0.25, 0.3) is 0 Å². The van der Waals surface area contributed by atoms with Gasteiger partial charge in [0.05, 0.1) is 10.4 Å². The lowest BCUT2D eigenvalue weighted by molar-refractivity contribution is -0.124. The highest BCUT2D eigenvalue weighted by Gasteiger charge is 2.28. The highest BCUT2D eigenvalue weighted by molar-refractivity contribution is 7.16. The molecule has 5 nitrogen and oxygen atoms in total. The predicted molar refractivity (Wildman–Crippen MR) is 77.6 cm³/mol. The lowest BCUT2D eigenvalue weighted by Gasteiger charge is -2.21. The van der Waals surface area contributed by atoms with Crippen LogP contribution in [0.4, 0.5) is 0 Å². The topological polar surface area (TPSA) is 87.7 Å². The Balaban J connectivity index is 2.77. The first-order chi connectivity index (χ1) is 8.86. The molecule has 1 heterocycles. The van der Waals surface area contributed by atoms with Crippen molar-refractivity contribution in [2.75, 3.05) is 0 Å². The first-order valence-electron chi connectivity index (χ1n) is 5.89. The van der Waals surface area contributed by atoms with Crippen LogP contribution in [0, 0.1) is 11.8 Å². The van der Waals surface area contributed by atoms with Gasteiger partial charge >= 0.3 is 0 Å². The average molecular weight is 304 g/mol. The van der Waals surface area contributed by atoms with E-state index in [0.717, 1.165) is 4.88 Å². The van der Waals surface area contributed by atoms with E-state index in [1.807, 2.05) is 26.8 Å². The molecular formula is C12H18ClN3O2S. The maximum atomic E-state index is 12.2. The maximum Gasteiger partial charge on any atom is 0.231 e. The van der Waals surface area contributed by atoms with Crippen molar-refractivity contribution in [2.45, 2.75) is 26.8 Å². The number of nitrogens with two attached hydrogens (primary N) is 1. The van der Waals surface area contributed by atoms with Gasteiger partial charge in [-0.05, 0) is 25.0 Å². The Labute approximate surface area is 121 Å². The molecule has 0 bridgehead atoms. The van der Waals surface area contributed by atoms with Crippen LogP contribution >= 0.6 is 22.9 Å². The Kier molecular flexibility index (Phi) is 5.62. The monoisotopic (exact) mass is 303 g/mol. The second kappa shape index (κ2) is 6.77. The molecule has 0 aliphatic heterocycles. The summed E-state index contributed by atoms with van der Waals surface area (Å²) in [6.07, 6.45) is 0. The summed E-state index contributed by atoms with van der Waals surface area (Å²) in [6, 6.07) is 3.48. The van der Waals surface area contributed by atoms with Gasteiger partial charge in [-0.25, -0.2) is 0 Å². The molecule has 0 aromatic carbocycles. The Morgan fingerprint density at radius 3 is 2.53 bits per heavy atom. The van der Waals surface area contributed by atoms with Gasteiger partial charge in [-0.1, -0.05) is 30.6 Å². The van der Waals surface area contributed by atoms with E-state index in [-0.39, 0.29) is 23.7 Å². The van der Waals surface area contributed by atoms with E-state index in [4.69, 9.17) is 22.5 Å². The molecule has 4 N–H and O–H groups in total. The molecule has 0 aliphatic carbocycles. The number of oxime groups is 1. The van der Waals surface area contributed by atoms with Crippen LogP contribution in [-0.4, -0.2) is 17.0 Å². The average Bonchev–Trinajstić information content (AvgIpc) is 2.75. The maximum absolute atomic E-state index is 12.2. The van der Waals surface area contributed by atoms with Crippen molar-refractivity contribution in [1.29, 1.82) is 0 Å². The molecule has 1 rings (SSSR count). The molecule has 2 unspecified atom stereocenters. The van der Waals surface area contributed by atoms with E-state index in [0.29, 0.717) is 4.34 Å². The van der Waals surface area contributed by atoms with Crippen molar-refractivity contribution in [2.24, 2.45) is 22.7 Å². The lowest BCUT2D eigenvalue weighted by Crippen LogP contribution is -2.42. The summed E-state index contributed by atoms with van der Waals surface area (Å²) < 4.78 is 0.674. The highest BCUT2D eigenvalue weighted by atomic mass is 35.5. The molecule has 2 atom stereocenters. The number of nitrogens with zero attached hydrogens (tertiary/aromatic N) is 1. The molecule has 0 aliphatic rings. The van der Waals surface area contributed by atoms with Crippen LogP contribution in [0.1, 0.15) is 31.7 Å².